The number of rotatable bonds is 5. The minimum atomic E-state index is -0.697. The van der Waals surface area contributed by atoms with Crippen LogP contribution in [0.5, 0.6) is 0 Å². The summed E-state index contributed by atoms with van der Waals surface area (Å²) >= 11 is 0. The molecule has 14 heavy (non-hydrogen) atoms. The first-order valence-corrected chi connectivity index (χ1v) is 5.33. The summed E-state index contributed by atoms with van der Waals surface area (Å²) < 4.78 is 0. The Morgan fingerprint density at radius 1 is 1.50 bits per heavy atom. The molecule has 0 amide bonds. The third-order valence-corrected chi connectivity index (χ3v) is 3.01. The molecule has 0 radical (unpaired) electrons. The molecule has 0 unspecified atom stereocenters. The van der Waals surface area contributed by atoms with Gasteiger partial charge in [-0.3, -0.25) is 4.79 Å². The number of nitrogens with zero attached hydrogens (tertiary/aromatic N) is 1. The van der Waals surface area contributed by atoms with Crippen LogP contribution >= 0.6 is 0 Å². The molecule has 1 saturated carbocycles. The van der Waals surface area contributed by atoms with Gasteiger partial charge in [-0.2, -0.15) is 0 Å². The van der Waals surface area contributed by atoms with E-state index < -0.39 is 5.97 Å². The molecule has 82 valence electrons. The molecular formula is C11H21NO2. The van der Waals surface area contributed by atoms with Crippen molar-refractivity contribution in [2.24, 2.45) is 5.41 Å². The number of hydrogen-bond donors (Lipinski definition) is 1. The van der Waals surface area contributed by atoms with Gasteiger partial charge in [-0.05, 0) is 25.3 Å². The van der Waals surface area contributed by atoms with Crippen molar-refractivity contribution in [3.8, 4) is 0 Å². The van der Waals surface area contributed by atoms with Gasteiger partial charge in [-0.15, -0.1) is 0 Å². The highest BCUT2D eigenvalue weighted by Crippen LogP contribution is 2.28. The Hall–Kier alpha value is -0.570. The number of carboxylic acid groups (broad SMARTS) is 1. The third kappa shape index (κ3) is 3.29. The zero-order valence-corrected chi connectivity index (χ0v) is 9.42. The maximum atomic E-state index is 10.6. The number of aliphatic carboxylic acids is 1. The van der Waals surface area contributed by atoms with E-state index in [9.17, 15) is 4.79 Å². The smallest absolute Gasteiger partial charge is 0.303 e. The molecule has 1 N–H and O–H groups in total. The number of carbonyl (C=O) groups is 1. The van der Waals surface area contributed by atoms with Crippen molar-refractivity contribution >= 4 is 5.97 Å². The lowest BCUT2D eigenvalue weighted by molar-refractivity contribution is -0.139. The molecule has 0 atom stereocenters. The summed E-state index contributed by atoms with van der Waals surface area (Å²) in [4.78, 5) is 12.9. The van der Waals surface area contributed by atoms with E-state index >= 15 is 0 Å². The van der Waals surface area contributed by atoms with Crippen LogP contribution in [0.25, 0.3) is 0 Å². The van der Waals surface area contributed by atoms with Crippen molar-refractivity contribution in [3.05, 3.63) is 0 Å². The normalized spacial score (nSPS) is 18.3. The quantitative estimate of drug-likeness (QED) is 0.736. The highest BCUT2D eigenvalue weighted by Gasteiger charge is 2.28. The van der Waals surface area contributed by atoms with E-state index in [1.165, 1.54) is 19.3 Å². The summed E-state index contributed by atoms with van der Waals surface area (Å²) in [7, 11) is 2.10. The summed E-state index contributed by atoms with van der Waals surface area (Å²) in [5.74, 6) is -0.697. The first-order chi connectivity index (χ1) is 6.41. The summed E-state index contributed by atoms with van der Waals surface area (Å²) in [6.07, 6.45) is 4.14. The maximum absolute atomic E-state index is 10.6. The molecule has 1 aliphatic carbocycles. The van der Waals surface area contributed by atoms with Crippen LogP contribution < -0.4 is 0 Å². The van der Waals surface area contributed by atoms with E-state index in [1.54, 1.807) is 0 Å². The summed E-state index contributed by atoms with van der Waals surface area (Å²) in [5.41, 5.74) is -0.115. The van der Waals surface area contributed by atoms with Gasteiger partial charge in [-0.1, -0.05) is 20.3 Å². The van der Waals surface area contributed by atoms with Gasteiger partial charge in [0, 0.05) is 12.6 Å². The standard InChI is InChI=1S/C11H21NO2/c1-11(2,7-10(13)14)8-12(3)9-5-4-6-9/h9H,4-8H2,1-3H3,(H,13,14). The van der Waals surface area contributed by atoms with Gasteiger partial charge in [0.2, 0.25) is 0 Å². The summed E-state index contributed by atoms with van der Waals surface area (Å²) in [6.45, 7) is 4.93. The minimum Gasteiger partial charge on any atom is -0.481 e. The van der Waals surface area contributed by atoms with Crippen LogP contribution in [0.3, 0.4) is 0 Å². The van der Waals surface area contributed by atoms with E-state index in [2.05, 4.69) is 11.9 Å². The fraction of sp³-hybridized carbons (Fsp3) is 0.909. The maximum Gasteiger partial charge on any atom is 0.303 e. The first-order valence-electron chi connectivity index (χ1n) is 5.33. The van der Waals surface area contributed by atoms with Gasteiger partial charge in [0.15, 0.2) is 0 Å². The van der Waals surface area contributed by atoms with Crippen molar-refractivity contribution in [1.82, 2.24) is 4.90 Å². The summed E-state index contributed by atoms with van der Waals surface area (Å²) in [6, 6.07) is 0.697. The molecule has 0 aromatic heterocycles. The first kappa shape index (κ1) is 11.5. The lowest BCUT2D eigenvalue weighted by Crippen LogP contribution is -2.42. The van der Waals surface area contributed by atoms with E-state index in [0.29, 0.717) is 6.04 Å². The van der Waals surface area contributed by atoms with Gasteiger partial charge in [0.25, 0.3) is 0 Å². The molecule has 0 aromatic carbocycles. The molecular weight excluding hydrogens is 178 g/mol. The molecule has 1 fully saturated rings. The van der Waals surface area contributed by atoms with Crippen molar-refractivity contribution < 1.29 is 9.90 Å². The number of carboxylic acids is 1. The predicted molar refractivity (Wildman–Crippen MR) is 56.3 cm³/mol. The highest BCUT2D eigenvalue weighted by atomic mass is 16.4. The monoisotopic (exact) mass is 199 g/mol. The van der Waals surface area contributed by atoms with E-state index in [1.807, 2.05) is 13.8 Å². The Morgan fingerprint density at radius 3 is 2.43 bits per heavy atom. The van der Waals surface area contributed by atoms with Gasteiger partial charge < -0.3 is 10.0 Å². The van der Waals surface area contributed by atoms with Crippen LogP contribution in [-0.4, -0.2) is 35.6 Å². The van der Waals surface area contributed by atoms with Crippen LogP contribution in [0.4, 0.5) is 0 Å². The van der Waals surface area contributed by atoms with Crippen molar-refractivity contribution in [1.29, 1.82) is 0 Å². The summed E-state index contributed by atoms with van der Waals surface area (Å²) in [5, 5.41) is 8.75. The molecule has 0 aliphatic heterocycles. The zero-order chi connectivity index (χ0) is 10.8. The van der Waals surface area contributed by atoms with Crippen molar-refractivity contribution in [2.45, 2.75) is 45.6 Å². The Labute approximate surface area is 86.1 Å². The second-order valence-corrected chi connectivity index (χ2v) is 5.23. The van der Waals surface area contributed by atoms with E-state index in [4.69, 9.17) is 5.11 Å². The molecule has 1 rings (SSSR count). The second kappa shape index (κ2) is 4.30. The van der Waals surface area contributed by atoms with Gasteiger partial charge in [0.05, 0.1) is 6.42 Å². The molecule has 0 aromatic rings. The van der Waals surface area contributed by atoms with Gasteiger partial charge in [-0.25, -0.2) is 0 Å². The molecule has 0 spiro atoms. The van der Waals surface area contributed by atoms with Gasteiger partial charge in [0.1, 0.15) is 0 Å². The molecule has 0 bridgehead atoms. The Balaban J connectivity index is 2.36. The Bertz CT molecular complexity index is 209. The third-order valence-electron chi connectivity index (χ3n) is 3.01. The van der Waals surface area contributed by atoms with Crippen LogP contribution in [0, 0.1) is 5.41 Å². The molecule has 3 nitrogen and oxygen atoms in total. The molecule has 0 saturated heterocycles. The Morgan fingerprint density at radius 2 is 2.07 bits per heavy atom. The molecule has 0 heterocycles. The SMILES string of the molecule is CN(CC(C)(C)CC(=O)O)C1CCC1. The number of hydrogen-bond acceptors (Lipinski definition) is 2. The van der Waals surface area contributed by atoms with E-state index in [-0.39, 0.29) is 11.8 Å². The average molecular weight is 199 g/mol. The van der Waals surface area contributed by atoms with Crippen molar-refractivity contribution in [2.75, 3.05) is 13.6 Å². The lowest BCUT2D eigenvalue weighted by Gasteiger charge is -2.39. The van der Waals surface area contributed by atoms with Crippen LogP contribution in [0.1, 0.15) is 39.5 Å². The fourth-order valence-electron chi connectivity index (χ4n) is 2.10. The molecule has 3 heteroatoms. The van der Waals surface area contributed by atoms with Crippen LogP contribution in [0.2, 0.25) is 0 Å². The largest absolute Gasteiger partial charge is 0.481 e. The van der Waals surface area contributed by atoms with Crippen LogP contribution in [0.15, 0.2) is 0 Å². The van der Waals surface area contributed by atoms with Gasteiger partial charge >= 0.3 is 5.97 Å². The fourth-order valence-corrected chi connectivity index (χ4v) is 2.10. The van der Waals surface area contributed by atoms with Crippen LogP contribution in [-0.2, 0) is 4.79 Å². The Kier molecular flexibility index (Phi) is 3.53. The highest BCUT2D eigenvalue weighted by molar-refractivity contribution is 5.67. The predicted octanol–water partition coefficient (Wildman–Crippen LogP) is 1.97. The van der Waals surface area contributed by atoms with E-state index in [0.717, 1.165) is 6.54 Å². The molecule has 1 aliphatic rings. The van der Waals surface area contributed by atoms with Crippen molar-refractivity contribution in [3.63, 3.8) is 0 Å². The minimum absolute atomic E-state index is 0.115. The second-order valence-electron chi connectivity index (χ2n) is 5.23. The topological polar surface area (TPSA) is 40.5 Å². The lowest BCUT2D eigenvalue weighted by atomic mass is 9.85. The zero-order valence-electron chi connectivity index (χ0n) is 9.42. The average Bonchev–Trinajstić information content (AvgIpc) is 1.74.